The van der Waals surface area contributed by atoms with Crippen LogP contribution < -0.4 is 11.3 Å². The molecule has 1 unspecified atom stereocenters. The van der Waals surface area contributed by atoms with Crippen molar-refractivity contribution in [2.75, 3.05) is 0 Å². The minimum Gasteiger partial charge on any atom is -0.472 e. The number of benzene rings is 1. The Hall–Kier alpha value is -1.79. The van der Waals surface area contributed by atoms with Gasteiger partial charge in [0.1, 0.15) is 0 Å². The molecule has 0 bridgehead atoms. The highest BCUT2D eigenvalue weighted by Crippen LogP contribution is 2.22. The number of nitrogens with one attached hydrogen (secondary N) is 1. The molecule has 3 nitrogen and oxygen atoms in total. The Kier molecular flexibility index (Phi) is 3.69. The van der Waals surface area contributed by atoms with Gasteiger partial charge >= 0.3 is 0 Å². The molecule has 3 N–H and O–H groups in total. The van der Waals surface area contributed by atoms with E-state index in [0.717, 1.165) is 17.7 Å². The van der Waals surface area contributed by atoms with Crippen molar-refractivity contribution in [2.24, 2.45) is 5.84 Å². The molecule has 0 saturated carbocycles. The normalized spacial score (nSPS) is 12.7. The summed E-state index contributed by atoms with van der Waals surface area (Å²) >= 11 is 0. The smallest absolute Gasteiger partial charge is 0.194 e. The Morgan fingerprint density at radius 2 is 1.89 bits per heavy atom. The van der Waals surface area contributed by atoms with Crippen molar-refractivity contribution in [1.29, 1.82) is 0 Å². The number of hydrogen-bond donors (Lipinski definition) is 2. The summed E-state index contributed by atoms with van der Waals surface area (Å²) in [5.41, 5.74) is 3.47. The molecule has 2 aromatic rings. The van der Waals surface area contributed by atoms with E-state index in [9.17, 15) is 13.2 Å². The fourth-order valence-corrected chi connectivity index (χ4v) is 1.69. The Bertz CT molecular complexity index is 505. The summed E-state index contributed by atoms with van der Waals surface area (Å²) in [5.74, 6) is 1.38. The highest BCUT2D eigenvalue weighted by Gasteiger charge is 2.17. The SMILES string of the molecule is NNC(Cc1ccoc1)c1cc(F)c(F)c(F)c1. The lowest BCUT2D eigenvalue weighted by Crippen LogP contribution is -2.29. The molecule has 18 heavy (non-hydrogen) atoms. The first kappa shape index (κ1) is 12.7. The minimum atomic E-state index is -1.49. The number of hydrogen-bond acceptors (Lipinski definition) is 3. The Labute approximate surface area is 101 Å². The molecule has 0 saturated heterocycles. The average molecular weight is 256 g/mol. The maximum absolute atomic E-state index is 13.1. The third-order valence-corrected chi connectivity index (χ3v) is 2.63. The van der Waals surface area contributed by atoms with Crippen molar-refractivity contribution in [3.63, 3.8) is 0 Å². The summed E-state index contributed by atoms with van der Waals surface area (Å²) < 4.78 is 44.0. The van der Waals surface area contributed by atoms with Gasteiger partial charge in [-0.3, -0.25) is 11.3 Å². The van der Waals surface area contributed by atoms with Gasteiger partial charge in [-0.1, -0.05) is 0 Å². The Morgan fingerprint density at radius 1 is 1.22 bits per heavy atom. The Balaban J connectivity index is 2.27. The molecule has 1 heterocycles. The fourth-order valence-electron chi connectivity index (χ4n) is 1.69. The van der Waals surface area contributed by atoms with E-state index in [2.05, 4.69) is 5.43 Å². The minimum absolute atomic E-state index is 0.232. The largest absolute Gasteiger partial charge is 0.472 e. The van der Waals surface area contributed by atoms with E-state index in [4.69, 9.17) is 10.3 Å². The van der Waals surface area contributed by atoms with Crippen LogP contribution in [0.5, 0.6) is 0 Å². The van der Waals surface area contributed by atoms with E-state index >= 15 is 0 Å². The molecule has 0 radical (unpaired) electrons. The first-order chi connectivity index (χ1) is 8.61. The summed E-state index contributed by atoms with van der Waals surface area (Å²) in [6, 6.07) is 3.01. The molecule has 0 fully saturated rings. The van der Waals surface area contributed by atoms with Gasteiger partial charge in [0.2, 0.25) is 0 Å². The predicted molar refractivity (Wildman–Crippen MR) is 58.8 cm³/mol. The van der Waals surface area contributed by atoms with Gasteiger partial charge in [-0.2, -0.15) is 0 Å². The highest BCUT2D eigenvalue weighted by molar-refractivity contribution is 5.24. The molecule has 0 aliphatic heterocycles. The van der Waals surface area contributed by atoms with Gasteiger partial charge in [-0.25, -0.2) is 13.2 Å². The van der Waals surface area contributed by atoms with E-state index < -0.39 is 23.5 Å². The number of furan rings is 1. The lowest BCUT2D eigenvalue weighted by molar-refractivity contribution is 0.439. The van der Waals surface area contributed by atoms with Gasteiger partial charge in [-0.15, -0.1) is 0 Å². The second-order valence-electron chi connectivity index (χ2n) is 3.85. The predicted octanol–water partition coefficient (Wildman–Crippen LogP) is 2.44. The summed E-state index contributed by atoms with van der Waals surface area (Å²) in [6.07, 6.45) is 3.35. The zero-order valence-electron chi connectivity index (χ0n) is 9.29. The van der Waals surface area contributed by atoms with Crippen LogP contribution in [0.4, 0.5) is 13.2 Å². The molecule has 0 amide bonds. The fraction of sp³-hybridized carbons (Fsp3) is 0.167. The van der Waals surface area contributed by atoms with Crippen molar-refractivity contribution in [2.45, 2.75) is 12.5 Å². The second kappa shape index (κ2) is 5.24. The van der Waals surface area contributed by atoms with Crippen LogP contribution in [0.3, 0.4) is 0 Å². The van der Waals surface area contributed by atoms with Crippen LogP contribution in [0.2, 0.25) is 0 Å². The van der Waals surface area contributed by atoms with Gasteiger partial charge in [0, 0.05) is 0 Å². The summed E-state index contributed by atoms with van der Waals surface area (Å²) in [7, 11) is 0. The standard InChI is InChI=1S/C12H11F3N2O/c13-9-4-8(5-10(14)12(9)15)11(17-16)3-7-1-2-18-6-7/h1-2,4-6,11,17H,3,16H2. The van der Waals surface area contributed by atoms with Crippen LogP contribution in [0.25, 0.3) is 0 Å². The molecular weight excluding hydrogens is 245 g/mol. The molecule has 96 valence electrons. The summed E-state index contributed by atoms with van der Waals surface area (Å²) in [6.45, 7) is 0. The van der Waals surface area contributed by atoms with E-state index in [-0.39, 0.29) is 5.56 Å². The molecule has 2 rings (SSSR count). The van der Waals surface area contributed by atoms with Crippen molar-refractivity contribution >= 4 is 0 Å². The van der Waals surface area contributed by atoms with E-state index in [1.165, 1.54) is 12.5 Å². The quantitative estimate of drug-likeness (QED) is 0.502. The lowest BCUT2D eigenvalue weighted by Gasteiger charge is -2.15. The summed E-state index contributed by atoms with van der Waals surface area (Å²) in [5, 5.41) is 0. The van der Waals surface area contributed by atoms with Crippen molar-refractivity contribution < 1.29 is 17.6 Å². The van der Waals surface area contributed by atoms with E-state index in [0.29, 0.717) is 6.42 Å². The highest BCUT2D eigenvalue weighted by atomic mass is 19.2. The third-order valence-electron chi connectivity index (χ3n) is 2.63. The molecule has 0 aliphatic rings. The first-order valence-electron chi connectivity index (χ1n) is 5.23. The molecule has 1 aromatic carbocycles. The van der Waals surface area contributed by atoms with Crippen LogP contribution in [-0.4, -0.2) is 0 Å². The maximum Gasteiger partial charge on any atom is 0.194 e. The van der Waals surface area contributed by atoms with Gasteiger partial charge < -0.3 is 4.42 Å². The zero-order chi connectivity index (χ0) is 13.1. The molecule has 0 spiro atoms. The van der Waals surface area contributed by atoms with E-state index in [1.807, 2.05) is 0 Å². The maximum atomic E-state index is 13.1. The number of halogens is 3. The second-order valence-corrected chi connectivity index (χ2v) is 3.85. The monoisotopic (exact) mass is 256 g/mol. The molecule has 0 aliphatic carbocycles. The van der Waals surface area contributed by atoms with Gasteiger partial charge in [0.05, 0.1) is 18.6 Å². The van der Waals surface area contributed by atoms with Crippen LogP contribution in [0, 0.1) is 17.5 Å². The van der Waals surface area contributed by atoms with Crippen LogP contribution in [0.1, 0.15) is 17.2 Å². The van der Waals surface area contributed by atoms with Crippen molar-refractivity contribution in [3.05, 3.63) is 59.3 Å². The molecule has 1 atom stereocenters. The molecule has 1 aromatic heterocycles. The average Bonchev–Trinajstić information content (AvgIpc) is 2.85. The molecular formula is C12H11F3N2O. The number of rotatable bonds is 4. The van der Waals surface area contributed by atoms with Crippen molar-refractivity contribution in [1.82, 2.24) is 5.43 Å². The van der Waals surface area contributed by atoms with Crippen LogP contribution in [-0.2, 0) is 6.42 Å². The van der Waals surface area contributed by atoms with E-state index in [1.54, 1.807) is 6.07 Å². The van der Waals surface area contributed by atoms with Gasteiger partial charge in [0.15, 0.2) is 17.5 Å². The number of hydrazine groups is 1. The van der Waals surface area contributed by atoms with Gasteiger partial charge in [0.25, 0.3) is 0 Å². The van der Waals surface area contributed by atoms with Crippen LogP contribution >= 0.6 is 0 Å². The summed E-state index contributed by atoms with van der Waals surface area (Å²) in [4.78, 5) is 0. The lowest BCUT2D eigenvalue weighted by atomic mass is 10.0. The van der Waals surface area contributed by atoms with Crippen LogP contribution in [0.15, 0.2) is 35.1 Å². The third kappa shape index (κ3) is 2.55. The zero-order valence-corrected chi connectivity index (χ0v) is 9.29. The molecule has 6 heteroatoms. The first-order valence-corrected chi connectivity index (χ1v) is 5.23. The van der Waals surface area contributed by atoms with Crippen molar-refractivity contribution in [3.8, 4) is 0 Å². The Morgan fingerprint density at radius 3 is 2.39 bits per heavy atom. The van der Waals surface area contributed by atoms with Gasteiger partial charge in [-0.05, 0) is 35.7 Å². The topological polar surface area (TPSA) is 51.2 Å². The number of nitrogens with two attached hydrogens (primary N) is 1.